The van der Waals surface area contributed by atoms with Crippen molar-refractivity contribution >= 4 is 33.8 Å². The molecule has 2 aromatic carbocycles. The molecule has 0 atom stereocenters. The Morgan fingerprint density at radius 2 is 1.70 bits per heavy atom. The SMILES string of the molecule is CCCCN(Cc1cccn1Cc1ccc(Br)cc1)C(=O)CN(CC(C)C)C(=O)C=Cc1ccccc1. The van der Waals surface area contributed by atoms with Crippen LogP contribution in [0.3, 0.4) is 0 Å². The molecule has 0 saturated heterocycles. The molecule has 0 bridgehead atoms. The van der Waals surface area contributed by atoms with Crippen LogP contribution >= 0.6 is 15.9 Å². The van der Waals surface area contributed by atoms with Crippen LogP contribution in [-0.2, 0) is 22.7 Å². The minimum atomic E-state index is -0.139. The smallest absolute Gasteiger partial charge is 0.247 e. The van der Waals surface area contributed by atoms with Crippen molar-refractivity contribution in [1.82, 2.24) is 14.4 Å². The van der Waals surface area contributed by atoms with E-state index in [4.69, 9.17) is 0 Å². The highest BCUT2D eigenvalue weighted by atomic mass is 79.9. The van der Waals surface area contributed by atoms with Crippen molar-refractivity contribution in [2.24, 2.45) is 5.92 Å². The van der Waals surface area contributed by atoms with Crippen LogP contribution in [0.5, 0.6) is 0 Å². The summed E-state index contributed by atoms with van der Waals surface area (Å²) in [6, 6.07) is 22.1. The molecule has 0 aliphatic carbocycles. The third-order valence-electron chi connectivity index (χ3n) is 6.12. The molecular weight excluding hydrogens is 526 g/mol. The van der Waals surface area contributed by atoms with Gasteiger partial charge in [-0.2, -0.15) is 0 Å². The lowest BCUT2D eigenvalue weighted by Crippen LogP contribution is -2.44. The predicted molar refractivity (Wildman–Crippen MR) is 155 cm³/mol. The van der Waals surface area contributed by atoms with Gasteiger partial charge in [-0.1, -0.05) is 85.6 Å². The lowest BCUT2D eigenvalue weighted by Gasteiger charge is -2.28. The highest BCUT2D eigenvalue weighted by molar-refractivity contribution is 9.10. The number of benzene rings is 2. The molecule has 0 spiro atoms. The van der Waals surface area contributed by atoms with Gasteiger partial charge in [0, 0.05) is 42.1 Å². The zero-order valence-electron chi connectivity index (χ0n) is 22.1. The Morgan fingerprint density at radius 1 is 0.973 bits per heavy atom. The molecule has 0 N–H and O–H groups in total. The third kappa shape index (κ3) is 9.36. The van der Waals surface area contributed by atoms with Crippen molar-refractivity contribution in [2.75, 3.05) is 19.6 Å². The second-order valence-electron chi connectivity index (χ2n) is 9.78. The number of amides is 2. The summed E-state index contributed by atoms with van der Waals surface area (Å²) < 4.78 is 3.24. The van der Waals surface area contributed by atoms with Crippen molar-refractivity contribution in [1.29, 1.82) is 0 Å². The molecule has 2 amide bonds. The van der Waals surface area contributed by atoms with Crippen molar-refractivity contribution in [3.8, 4) is 0 Å². The zero-order chi connectivity index (χ0) is 26.6. The van der Waals surface area contributed by atoms with Crippen LogP contribution in [0.25, 0.3) is 6.08 Å². The monoisotopic (exact) mass is 563 g/mol. The molecular formula is C31H38BrN3O2. The quantitative estimate of drug-likeness (QED) is 0.219. The van der Waals surface area contributed by atoms with Gasteiger partial charge in [-0.25, -0.2) is 0 Å². The Labute approximate surface area is 229 Å². The lowest BCUT2D eigenvalue weighted by atomic mass is 10.2. The van der Waals surface area contributed by atoms with E-state index in [0.717, 1.165) is 35.1 Å². The number of carbonyl (C=O) groups is 2. The first kappa shape index (κ1) is 28.5. The number of nitrogens with zero attached hydrogens (tertiary/aromatic N) is 3. The molecule has 37 heavy (non-hydrogen) atoms. The fraction of sp³-hybridized carbons (Fsp3) is 0.355. The fourth-order valence-electron chi connectivity index (χ4n) is 4.14. The molecule has 0 aliphatic rings. The summed E-state index contributed by atoms with van der Waals surface area (Å²) in [6.07, 6.45) is 7.36. The normalized spacial score (nSPS) is 11.3. The van der Waals surface area contributed by atoms with E-state index in [0.29, 0.717) is 19.6 Å². The molecule has 5 nitrogen and oxygen atoms in total. The summed E-state index contributed by atoms with van der Waals surface area (Å²) in [5, 5.41) is 0. The third-order valence-corrected chi connectivity index (χ3v) is 6.65. The number of hydrogen-bond acceptors (Lipinski definition) is 2. The van der Waals surface area contributed by atoms with Crippen LogP contribution in [0.2, 0.25) is 0 Å². The number of hydrogen-bond donors (Lipinski definition) is 0. The largest absolute Gasteiger partial charge is 0.345 e. The highest BCUT2D eigenvalue weighted by Crippen LogP contribution is 2.15. The predicted octanol–water partition coefficient (Wildman–Crippen LogP) is 6.63. The first-order valence-corrected chi connectivity index (χ1v) is 13.8. The second kappa shape index (κ2) is 14.6. The summed E-state index contributed by atoms with van der Waals surface area (Å²) in [5.74, 6) is 0.0982. The van der Waals surface area contributed by atoms with Crippen molar-refractivity contribution in [3.63, 3.8) is 0 Å². The van der Waals surface area contributed by atoms with E-state index < -0.39 is 0 Å². The molecule has 0 fully saturated rings. The summed E-state index contributed by atoms with van der Waals surface area (Å²) in [7, 11) is 0. The maximum absolute atomic E-state index is 13.5. The van der Waals surface area contributed by atoms with Gasteiger partial charge in [0.25, 0.3) is 0 Å². The molecule has 1 aromatic heterocycles. The van der Waals surface area contributed by atoms with Gasteiger partial charge < -0.3 is 14.4 Å². The molecule has 3 aromatic rings. The van der Waals surface area contributed by atoms with Crippen LogP contribution in [0, 0.1) is 5.92 Å². The number of carbonyl (C=O) groups excluding carboxylic acids is 2. The van der Waals surface area contributed by atoms with Crippen molar-refractivity contribution in [2.45, 2.75) is 46.7 Å². The Balaban J connectivity index is 1.72. The van der Waals surface area contributed by atoms with Gasteiger partial charge in [0.1, 0.15) is 6.54 Å². The first-order chi connectivity index (χ1) is 17.9. The molecule has 0 radical (unpaired) electrons. The maximum atomic E-state index is 13.5. The van der Waals surface area contributed by atoms with Crippen LogP contribution < -0.4 is 0 Å². The maximum Gasteiger partial charge on any atom is 0.247 e. The van der Waals surface area contributed by atoms with E-state index in [2.05, 4.69) is 65.7 Å². The lowest BCUT2D eigenvalue weighted by molar-refractivity contribution is -0.139. The highest BCUT2D eigenvalue weighted by Gasteiger charge is 2.22. The average Bonchev–Trinajstić information content (AvgIpc) is 3.32. The standard InChI is InChI=1S/C31H38BrN3O2/c1-4-5-19-34(23-29-12-9-20-33(29)22-27-13-16-28(32)17-14-27)31(37)24-35(21-25(2)3)30(36)18-15-26-10-7-6-8-11-26/h6-18,20,25H,4-5,19,21-24H2,1-3H3. The van der Waals surface area contributed by atoms with Crippen LogP contribution in [-0.4, -0.2) is 45.8 Å². The summed E-state index contributed by atoms with van der Waals surface area (Å²) in [6.45, 7) is 8.80. The Kier molecular flexibility index (Phi) is 11.2. The van der Waals surface area contributed by atoms with Gasteiger partial charge >= 0.3 is 0 Å². The topological polar surface area (TPSA) is 45.6 Å². The molecule has 6 heteroatoms. The Bertz CT molecular complexity index is 1150. The van der Waals surface area contributed by atoms with E-state index in [1.807, 2.05) is 59.5 Å². The Hall–Kier alpha value is -3.12. The summed E-state index contributed by atoms with van der Waals surface area (Å²) in [5.41, 5.74) is 3.24. The number of halogens is 1. The first-order valence-electron chi connectivity index (χ1n) is 13.0. The number of rotatable bonds is 13. The van der Waals surface area contributed by atoms with E-state index >= 15 is 0 Å². The van der Waals surface area contributed by atoms with Gasteiger partial charge in [-0.15, -0.1) is 0 Å². The van der Waals surface area contributed by atoms with Gasteiger partial charge in [0.05, 0.1) is 6.54 Å². The molecule has 0 aliphatic heterocycles. The second-order valence-corrected chi connectivity index (χ2v) is 10.7. The molecule has 3 rings (SSSR count). The van der Waals surface area contributed by atoms with Gasteiger partial charge in [-0.3, -0.25) is 9.59 Å². The van der Waals surface area contributed by atoms with E-state index in [1.165, 1.54) is 5.56 Å². The molecule has 0 unspecified atom stereocenters. The summed E-state index contributed by atoms with van der Waals surface area (Å²) >= 11 is 3.49. The average molecular weight is 565 g/mol. The Morgan fingerprint density at radius 3 is 2.38 bits per heavy atom. The van der Waals surface area contributed by atoms with Gasteiger partial charge in [-0.05, 0) is 53.8 Å². The molecule has 1 heterocycles. The zero-order valence-corrected chi connectivity index (χ0v) is 23.7. The van der Waals surface area contributed by atoms with Gasteiger partial charge in [0.15, 0.2) is 0 Å². The summed E-state index contributed by atoms with van der Waals surface area (Å²) in [4.78, 5) is 30.2. The van der Waals surface area contributed by atoms with Crippen molar-refractivity contribution < 1.29 is 9.59 Å². The van der Waals surface area contributed by atoms with Gasteiger partial charge in [0.2, 0.25) is 11.8 Å². The minimum absolute atomic E-state index is 0.0213. The number of unbranched alkanes of at least 4 members (excludes halogenated alkanes) is 1. The minimum Gasteiger partial charge on any atom is -0.345 e. The molecule has 0 saturated carbocycles. The van der Waals surface area contributed by atoms with Crippen LogP contribution in [0.1, 0.15) is 50.4 Å². The van der Waals surface area contributed by atoms with Crippen LogP contribution in [0.4, 0.5) is 0 Å². The molecule has 196 valence electrons. The van der Waals surface area contributed by atoms with E-state index in [9.17, 15) is 9.59 Å². The van der Waals surface area contributed by atoms with Crippen molar-refractivity contribution in [3.05, 3.63) is 100 Å². The van der Waals surface area contributed by atoms with E-state index in [-0.39, 0.29) is 24.3 Å². The fourth-order valence-corrected chi connectivity index (χ4v) is 4.41. The van der Waals surface area contributed by atoms with E-state index in [1.54, 1.807) is 11.0 Å². The van der Waals surface area contributed by atoms with Crippen LogP contribution in [0.15, 0.2) is 83.5 Å². The number of aromatic nitrogens is 1.